The summed E-state index contributed by atoms with van der Waals surface area (Å²) in [6.45, 7) is 6.40. The van der Waals surface area contributed by atoms with Crippen LogP contribution in [0.2, 0.25) is 0 Å². The summed E-state index contributed by atoms with van der Waals surface area (Å²) in [6.07, 6.45) is 8.14. The van der Waals surface area contributed by atoms with E-state index in [1.165, 1.54) is 44.1 Å². The van der Waals surface area contributed by atoms with Crippen molar-refractivity contribution in [3.63, 3.8) is 0 Å². The minimum absolute atomic E-state index is 0.0908. The zero-order valence-corrected chi connectivity index (χ0v) is 15.8. The Morgan fingerprint density at radius 2 is 1.48 bits per heavy atom. The predicted octanol–water partition coefficient (Wildman–Crippen LogP) is 4.70. The average molecular weight is 341 g/mol. The highest BCUT2D eigenvalue weighted by Crippen LogP contribution is 2.55. The Hall–Kier alpha value is -1.35. The fourth-order valence-corrected chi connectivity index (χ4v) is 6.01. The Morgan fingerprint density at radius 1 is 0.960 bits per heavy atom. The van der Waals surface area contributed by atoms with Gasteiger partial charge in [0, 0.05) is 11.2 Å². The largest absolute Gasteiger partial charge is 0.325 e. The molecule has 3 heteroatoms. The lowest BCUT2D eigenvalue weighted by Gasteiger charge is -2.57. The number of carbonyl (C=O) groups excluding carboxylic acids is 1. The van der Waals surface area contributed by atoms with Gasteiger partial charge < -0.3 is 10.6 Å². The summed E-state index contributed by atoms with van der Waals surface area (Å²) in [6, 6.07) is 8.12. The Bertz CT molecular complexity index is 599. The fourth-order valence-electron chi connectivity index (χ4n) is 6.01. The Kier molecular flexibility index (Phi) is 4.39. The van der Waals surface area contributed by atoms with Crippen molar-refractivity contribution in [1.82, 2.24) is 5.32 Å². The third-order valence-electron chi connectivity index (χ3n) is 6.80. The number of carbonyl (C=O) groups is 1. The van der Waals surface area contributed by atoms with Gasteiger partial charge in [0.15, 0.2) is 0 Å². The molecule has 0 aliphatic heterocycles. The van der Waals surface area contributed by atoms with Gasteiger partial charge >= 0.3 is 0 Å². The summed E-state index contributed by atoms with van der Waals surface area (Å²) >= 11 is 0. The van der Waals surface area contributed by atoms with Crippen LogP contribution >= 0.6 is 0 Å². The molecular weight excluding hydrogens is 308 g/mol. The number of benzene rings is 1. The first kappa shape index (κ1) is 17.1. The van der Waals surface area contributed by atoms with E-state index in [-0.39, 0.29) is 17.5 Å². The van der Waals surface area contributed by atoms with Gasteiger partial charge in [0.25, 0.3) is 0 Å². The first-order chi connectivity index (χ1) is 11.9. The molecule has 2 N–H and O–H groups in total. The van der Waals surface area contributed by atoms with E-state index in [1.54, 1.807) is 0 Å². The Labute approximate surface area is 152 Å². The smallest absolute Gasteiger partial charge is 0.241 e. The van der Waals surface area contributed by atoms with Crippen LogP contribution in [-0.4, -0.2) is 17.5 Å². The molecule has 1 aromatic carbocycles. The van der Waals surface area contributed by atoms with Gasteiger partial charge in [-0.2, -0.15) is 0 Å². The van der Waals surface area contributed by atoms with Crippen molar-refractivity contribution in [1.29, 1.82) is 0 Å². The zero-order valence-electron chi connectivity index (χ0n) is 15.8. The quantitative estimate of drug-likeness (QED) is 0.816. The van der Waals surface area contributed by atoms with Gasteiger partial charge in [-0.1, -0.05) is 26.0 Å². The molecule has 0 radical (unpaired) electrons. The van der Waals surface area contributed by atoms with Crippen molar-refractivity contribution in [3.05, 3.63) is 29.8 Å². The van der Waals surface area contributed by atoms with Crippen LogP contribution in [0.5, 0.6) is 0 Å². The van der Waals surface area contributed by atoms with E-state index in [1.807, 2.05) is 19.1 Å². The molecule has 3 nitrogen and oxygen atoms in total. The molecule has 5 rings (SSSR count). The highest BCUT2D eigenvalue weighted by Gasteiger charge is 2.51. The lowest BCUT2D eigenvalue weighted by Crippen LogP contribution is -2.62. The van der Waals surface area contributed by atoms with Gasteiger partial charge in [-0.25, -0.2) is 0 Å². The molecule has 25 heavy (non-hydrogen) atoms. The molecule has 0 spiro atoms. The van der Waals surface area contributed by atoms with Crippen LogP contribution in [0.25, 0.3) is 0 Å². The Morgan fingerprint density at radius 3 is 1.96 bits per heavy atom. The Balaban J connectivity index is 1.38. The van der Waals surface area contributed by atoms with E-state index in [9.17, 15) is 4.79 Å². The van der Waals surface area contributed by atoms with E-state index in [4.69, 9.17) is 0 Å². The second kappa shape index (κ2) is 6.42. The molecule has 1 aromatic rings. The minimum atomic E-state index is -0.138. The number of nitrogens with one attached hydrogen (secondary N) is 2. The molecule has 0 aromatic heterocycles. The van der Waals surface area contributed by atoms with Crippen LogP contribution < -0.4 is 10.6 Å². The molecule has 4 aliphatic carbocycles. The van der Waals surface area contributed by atoms with E-state index in [0.29, 0.717) is 5.92 Å². The summed E-state index contributed by atoms with van der Waals surface area (Å²) in [4.78, 5) is 12.7. The summed E-state index contributed by atoms with van der Waals surface area (Å²) in [5.41, 5.74) is 2.43. The monoisotopic (exact) mass is 340 g/mol. The molecule has 1 atom stereocenters. The minimum Gasteiger partial charge on any atom is -0.325 e. The molecular formula is C22H32N2O. The van der Waals surface area contributed by atoms with Crippen molar-refractivity contribution in [2.45, 2.75) is 76.8 Å². The lowest BCUT2D eigenvalue weighted by atomic mass is 9.53. The normalized spacial score (nSPS) is 34.3. The van der Waals surface area contributed by atoms with Crippen LogP contribution in [0.15, 0.2) is 24.3 Å². The molecule has 4 bridgehead atoms. The van der Waals surface area contributed by atoms with Crippen LogP contribution in [0.1, 0.15) is 70.8 Å². The van der Waals surface area contributed by atoms with E-state index >= 15 is 0 Å². The lowest BCUT2D eigenvalue weighted by molar-refractivity contribution is -0.119. The highest BCUT2D eigenvalue weighted by molar-refractivity contribution is 5.94. The highest BCUT2D eigenvalue weighted by atomic mass is 16.2. The summed E-state index contributed by atoms with van der Waals surface area (Å²) in [5, 5.41) is 6.85. The molecule has 0 heterocycles. The fraction of sp³-hybridized carbons (Fsp3) is 0.682. The maximum atomic E-state index is 12.7. The molecule has 1 amide bonds. The van der Waals surface area contributed by atoms with E-state index in [2.05, 4.69) is 36.6 Å². The maximum absolute atomic E-state index is 12.7. The van der Waals surface area contributed by atoms with E-state index in [0.717, 1.165) is 23.4 Å². The number of rotatable bonds is 5. The topological polar surface area (TPSA) is 41.1 Å². The van der Waals surface area contributed by atoms with Crippen molar-refractivity contribution in [3.8, 4) is 0 Å². The van der Waals surface area contributed by atoms with Crippen molar-refractivity contribution >= 4 is 11.6 Å². The molecule has 0 unspecified atom stereocenters. The number of hydrogen-bond acceptors (Lipinski definition) is 2. The van der Waals surface area contributed by atoms with Gasteiger partial charge in [0.2, 0.25) is 5.91 Å². The SMILES string of the molecule is CC(C)c1ccc(NC(=O)[C@H](C)NC23CC4CC(CC(C4)C2)C3)cc1. The molecule has 4 fully saturated rings. The van der Waals surface area contributed by atoms with E-state index < -0.39 is 0 Å². The van der Waals surface area contributed by atoms with Crippen LogP contribution in [-0.2, 0) is 4.79 Å². The average Bonchev–Trinajstić information content (AvgIpc) is 2.53. The van der Waals surface area contributed by atoms with Gasteiger partial charge in [0.05, 0.1) is 6.04 Å². The molecule has 4 aliphatic rings. The van der Waals surface area contributed by atoms with Crippen molar-refractivity contribution in [2.75, 3.05) is 5.32 Å². The van der Waals surface area contributed by atoms with Crippen LogP contribution in [0.4, 0.5) is 5.69 Å². The first-order valence-corrected chi connectivity index (χ1v) is 10.1. The third-order valence-corrected chi connectivity index (χ3v) is 6.80. The number of amides is 1. The molecule has 136 valence electrons. The standard InChI is InChI=1S/C22H32N2O/c1-14(2)19-4-6-20(7-5-19)23-21(25)15(3)24-22-11-16-8-17(12-22)10-18(9-16)13-22/h4-7,14-18,24H,8-13H2,1-3H3,(H,23,25)/t15-,16?,17?,18?,22?/m0/s1. The summed E-state index contributed by atoms with van der Waals surface area (Å²) in [7, 11) is 0. The van der Waals surface area contributed by atoms with Gasteiger partial charge in [-0.3, -0.25) is 4.79 Å². The maximum Gasteiger partial charge on any atom is 0.241 e. The molecule has 4 saturated carbocycles. The van der Waals surface area contributed by atoms with Crippen LogP contribution in [0.3, 0.4) is 0 Å². The second-order valence-corrected chi connectivity index (χ2v) is 9.33. The van der Waals surface area contributed by atoms with Crippen molar-refractivity contribution < 1.29 is 4.79 Å². The first-order valence-electron chi connectivity index (χ1n) is 10.1. The van der Waals surface area contributed by atoms with Gasteiger partial charge in [-0.05, 0) is 86.8 Å². The number of anilines is 1. The summed E-state index contributed by atoms with van der Waals surface area (Å²) in [5.74, 6) is 3.31. The zero-order chi connectivity index (χ0) is 17.6. The van der Waals surface area contributed by atoms with Crippen LogP contribution in [0, 0.1) is 17.8 Å². The summed E-state index contributed by atoms with van der Waals surface area (Å²) < 4.78 is 0. The van der Waals surface area contributed by atoms with Gasteiger partial charge in [0.1, 0.15) is 0 Å². The third kappa shape index (κ3) is 3.48. The van der Waals surface area contributed by atoms with Crippen molar-refractivity contribution in [2.24, 2.45) is 17.8 Å². The molecule has 0 saturated heterocycles. The second-order valence-electron chi connectivity index (χ2n) is 9.33. The number of hydrogen-bond donors (Lipinski definition) is 2. The van der Waals surface area contributed by atoms with Gasteiger partial charge in [-0.15, -0.1) is 0 Å². The predicted molar refractivity (Wildman–Crippen MR) is 103 cm³/mol.